The van der Waals surface area contributed by atoms with Crippen LogP contribution in [0.3, 0.4) is 0 Å². The van der Waals surface area contributed by atoms with Gasteiger partial charge in [0.25, 0.3) is 5.91 Å². The normalized spacial score (nSPS) is 10.8. The average molecular weight is 408 g/mol. The number of nitrogens with zero attached hydrogens (tertiary/aromatic N) is 4. The van der Waals surface area contributed by atoms with Gasteiger partial charge < -0.3 is 10.4 Å². The molecule has 0 fully saturated rings. The number of aryl methyl sites for hydroxylation is 1. The Balaban J connectivity index is 1.73. The van der Waals surface area contributed by atoms with Crippen molar-refractivity contribution in [3.63, 3.8) is 0 Å². The molecule has 2 heterocycles. The molecule has 27 heavy (non-hydrogen) atoms. The first kappa shape index (κ1) is 18.9. The van der Waals surface area contributed by atoms with Gasteiger partial charge in [0.15, 0.2) is 11.5 Å². The summed E-state index contributed by atoms with van der Waals surface area (Å²) in [6.45, 7) is 1.88. The molecule has 0 radical (unpaired) electrons. The van der Waals surface area contributed by atoms with Gasteiger partial charge in [-0.3, -0.25) is 19.0 Å². The van der Waals surface area contributed by atoms with Gasteiger partial charge in [-0.15, -0.1) is 0 Å². The van der Waals surface area contributed by atoms with Crippen molar-refractivity contribution in [3.8, 4) is 0 Å². The Morgan fingerprint density at radius 2 is 1.89 bits per heavy atom. The number of hydrogen-bond donors (Lipinski definition) is 2. The number of nitrogens with one attached hydrogen (secondary N) is 1. The van der Waals surface area contributed by atoms with Crippen LogP contribution in [0.2, 0.25) is 10.0 Å². The second-order valence-corrected chi connectivity index (χ2v) is 6.59. The smallest absolute Gasteiger partial charge is 0.325 e. The second kappa shape index (κ2) is 7.81. The maximum absolute atomic E-state index is 12.3. The number of hydrogen-bond acceptors (Lipinski definition) is 4. The molecule has 0 saturated carbocycles. The van der Waals surface area contributed by atoms with Crippen LogP contribution in [-0.2, 0) is 17.9 Å². The first-order valence-corrected chi connectivity index (χ1v) is 8.63. The standard InChI is InChI=1S/C17H15Cl2N5O3/c1-10-7-15(20-17(27)14-5-6-23(21-14)9-16(25)26)22-24(10)8-11-12(18)3-2-4-13(11)19/h2-7H,8-9H2,1H3,(H,25,26)(H,20,22,27). The number of benzene rings is 1. The van der Waals surface area contributed by atoms with Crippen molar-refractivity contribution in [2.75, 3.05) is 5.32 Å². The largest absolute Gasteiger partial charge is 0.480 e. The predicted octanol–water partition coefficient (Wildman–Crippen LogP) is 3.08. The van der Waals surface area contributed by atoms with Crippen LogP contribution in [0.4, 0.5) is 5.82 Å². The minimum absolute atomic E-state index is 0.0950. The highest BCUT2D eigenvalue weighted by atomic mass is 35.5. The third-order valence-electron chi connectivity index (χ3n) is 3.76. The highest BCUT2D eigenvalue weighted by Gasteiger charge is 2.15. The molecule has 2 aromatic heterocycles. The number of carboxylic acids is 1. The SMILES string of the molecule is Cc1cc(NC(=O)c2ccn(CC(=O)O)n2)nn1Cc1c(Cl)cccc1Cl. The summed E-state index contributed by atoms with van der Waals surface area (Å²) >= 11 is 12.4. The maximum atomic E-state index is 12.3. The Bertz CT molecular complexity index is 992. The van der Waals surface area contributed by atoms with Gasteiger partial charge in [0.05, 0.1) is 6.54 Å². The molecule has 1 aromatic carbocycles. The Morgan fingerprint density at radius 3 is 2.56 bits per heavy atom. The first-order chi connectivity index (χ1) is 12.8. The molecule has 140 valence electrons. The summed E-state index contributed by atoms with van der Waals surface area (Å²) in [4.78, 5) is 23.0. The van der Waals surface area contributed by atoms with Crippen molar-refractivity contribution >= 4 is 40.9 Å². The van der Waals surface area contributed by atoms with Crippen molar-refractivity contribution in [1.29, 1.82) is 0 Å². The Kier molecular flexibility index (Phi) is 5.48. The zero-order valence-corrected chi connectivity index (χ0v) is 15.7. The lowest BCUT2D eigenvalue weighted by molar-refractivity contribution is -0.137. The lowest BCUT2D eigenvalue weighted by Crippen LogP contribution is -2.15. The summed E-state index contributed by atoms with van der Waals surface area (Å²) < 4.78 is 2.84. The highest BCUT2D eigenvalue weighted by molar-refractivity contribution is 6.35. The molecule has 0 aliphatic rings. The number of aliphatic carboxylic acids is 1. The molecule has 10 heteroatoms. The third-order valence-corrected chi connectivity index (χ3v) is 4.47. The van der Waals surface area contributed by atoms with Crippen LogP contribution >= 0.6 is 23.2 Å². The van der Waals surface area contributed by atoms with Crippen molar-refractivity contribution in [2.45, 2.75) is 20.0 Å². The monoisotopic (exact) mass is 407 g/mol. The van der Waals surface area contributed by atoms with E-state index in [1.54, 1.807) is 28.9 Å². The van der Waals surface area contributed by atoms with E-state index in [4.69, 9.17) is 28.3 Å². The summed E-state index contributed by atoms with van der Waals surface area (Å²) in [5.41, 5.74) is 1.63. The quantitative estimate of drug-likeness (QED) is 0.653. The lowest BCUT2D eigenvalue weighted by atomic mass is 10.2. The van der Waals surface area contributed by atoms with Crippen molar-refractivity contribution in [1.82, 2.24) is 19.6 Å². The van der Waals surface area contributed by atoms with Crippen LogP contribution < -0.4 is 5.32 Å². The minimum atomic E-state index is -1.04. The van der Waals surface area contributed by atoms with Crippen LogP contribution in [0, 0.1) is 6.92 Å². The zero-order valence-electron chi connectivity index (χ0n) is 14.2. The molecule has 0 aliphatic carbocycles. The topological polar surface area (TPSA) is 102 Å². The number of carbonyl (C=O) groups excluding carboxylic acids is 1. The van der Waals surface area contributed by atoms with Gasteiger partial charge in [-0.2, -0.15) is 10.2 Å². The molecule has 0 saturated heterocycles. The van der Waals surface area contributed by atoms with E-state index in [-0.39, 0.29) is 12.2 Å². The van der Waals surface area contributed by atoms with Gasteiger partial charge in [-0.05, 0) is 25.1 Å². The van der Waals surface area contributed by atoms with E-state index in [2.05, 4.69) is 15.5 Å². The van der Waals surface area contributed by atoms with Gasteiger partial charge in [0, 0.05) is 33.6 Å². The molecule has 3 aromatic rings. The minimum Gasteiger partial charge on any atom is -0.480 e. The number of aromatic nitrogens is 4. The second-order valence-electron chi connectivity index (χ2n) is 5.78. The summed E-state index contributed by atoms with van der Waals surface area (Å²) in [7, 11) is 0. The number of rotatable bonds is 6. The summed E-state index contributed by atoms with van der Waals surface area (Å²) in [5, 5.41) is 20.7. The summed E-state index contributed by atoms with van der Waals surface area (Å²) in [6, 6.07) is 8.40. The van der Waals surface area contributed by atoms with E-state index in [0.29, 0.717) is 22.4 Å². The molecule has 2 N–H and O–H groups in total. The highest BCUT2D eigenvalue weighted by Crippen LogP contribution is 2.25. The molecular formula is C17H15Cl2N5O3. The van der Waals surface area contributed by atoms with E-state index in [0.717, 1.165) is 11.3 Å². The molecule has 0 bridgehead atoms. The first-order valence-electron chi connectivity index (χ1n) is 7.87. The fourth-order valence-electron chi connectivity index (χ4n) is 2.45. The third kappa shape index (κ3) is 4.47. The van der Waals surface area contributed by atoms with Gasteiger partial charge in [0.2, 0.25) is 0 Å². The van der Waals surface area contributed by atoms with Gasteiger partial charge >= 0.3 is 5.97 Å². The van der Waals surface area contributed by atoms with Crippen molar-refractivity contribution in [2.24, 2.45) is 0 Å². The number of carboxylic acid groups (broad SMARTS) is 1. The zero-order chi connectivity index (χ0) is 19.6. The Labute approximate surface area is 164 Å². The molecular weight excluding hydrogens is 393 g/mol. The van der Waals surface area contributed by atoms with Gasteiger partial charge in [0.1, 0.15) is 6.54 Å². The summed E-state index contributed by atoms with van der Waals surface area (Å²) in [5.74, 6) is -1.19. The Hall–Kier alpha value is -2.84. The average Bonchev–Trinajstić information content (AvgIpc) is 3.17. The van der Waals surface area contributed by atoms with Crippen molar-refractivity contribution in [3.05, 3.63) is 63.5 Å². The molecule has 0 unspecified atom stereocenters. The molecule has 8 nitrogen and oxygen atoms in total. The molecule has 3 rings (SSSR count). The van der Waals surface area contributed by atoms with Crippen LogP contribution in [0.25, 0.3) is 0 Å². The number of carbonyl (C=O) groups is 2. The van der Waals surface area contributed by atoms with Crippen molar-refractivity contribution < 1.29 is 14.7 Å². The lowest BCUT2D eigenvalue weighted by Gasteiger charge is -2.08. The Morgan fingerprint density at radius 1 is 1.19 bits per heavy atom. The van der Waals surface area contributed by atoms with Crippen LogP contribution in [0.5, 0.6) is 0 Å². The molecule has 0 atom stereocenters. The van der Waals surface area contributed by atoms with Gasteiger partial charge in [-0.25, -0.2) is 0 Å². The van der Waals surface area contributed by atoms with Crippen LogP contribution in [0.15, 0.2) is 36.5 Å². The number of halogens is 2. The fraction of sp³-hybridized carbons (Fsp3) is 0.176. The number of amides is 1. The summed E-state index contributed by atoms with van der Waals surface area (Å²) in [6.07, 6.45) is 1.42. The van der Waals surface area contributed by atoms with E-state index < -0.39 is 11.9 Å². The molecule has 0 spiro atoms. The van der Waals surface area contributed by atoms with Gasteiger partial charge in [-0.1, -0.05) is 29.3 Å². The van der Waals surface area contributed by atoms with E-state index in [1.165, 1.54) is 16.9 Å². The number of anilines is 1. The fourth-order valence-corrected chi connectivity index (χ4v) is 2.97. The van der Waals surface area contributed by atoms with Crippen LogP contribution in [0.1, 0.15) is 21.7 Å². The van der Waals surface area contributed by atoms with E-state index in [9.17, 15) is 9.59 Å². The van der Waals surface area contributed by atoms with E-state index in [1.807, 2.05) is 6.92 Å². The maximum Gasteiger partial charge on any atom is 0.325 e. The van der Waals surface area contributed by atoms with Crippen LogP contribution in [-0.4, -0.2) is 36.5 Å². The molecule has 1 amide bonds. The van der Waals surface area contributed by atoms with E-state index >= 15 is 0 Å². The predicted molar refractivity (Wildman–Crippen MR) is 100 cm³/mol. The molecule has 0 aliphatic heterocycles.